The molecule has 0 atom stereocenters. The first kappa shape index (κ1) is 12.2. The number of aromatic nitrogens is 2. The molecular weight excluding hydrogens is 258 g/mol. The summed E-state index contributed by atoms with van der Waals surface area (Å²) in [6.45, 7) is 0. The van der Waals surface area contributed by atoms with Crippen LogP contribution in [0.2, 0.25) is 0 Å². The molecule has 0 unspecified atom stereocenters. The van der Waals surface area contributed by atoms with E-state index in [2.05, 4.69) is 14.7 Å². The number of carboxylic acids is 1. The summed E-state index contributed by atoms with van der Waals surface area (Å²) in [7, 11) is -3.90. The highest BCUT2D eigenvalue weighted by molar-refractivity contribution is 7.93. The maximum atomic E-state index is 11.4. The van der Waals surface area contributed by atoms with Crippen molar-refractivity contribution in [2.75, 3.05) is 10.5 Å². The van der Waals surface area contributed by atoms with Crippen LogP contribution in [0, 0.1) is 0 Å². The number of rotatable bonds is 4. The molecule has 0 bridgehead atoms. The number of anilines is 1. The molecule has 1 aromatic carbocycles. The molecule has 0 amide bonds. The molecular formula is C10H9N3O4S. The van der Waals surface area contributed by atoms with Gasteiger partial charge in [0.25, 0.3) is 0 Å². The number of hydrogen-bond donors (Lipinski definition) is 2. The fourth-order valence-electron chi connectivity index (χ4n) is 1.40. The van der Waals surface area contributed by atoms with Crippen molar-refractivity contribution in [3.63, 3.8) is 0 Å². The highest BCUT2D eigenvalue weighted by atomic mass is 32.2. The lowest BCUT2D eigenvalue weighted by molar-refractivity contribution is -0.134. The Hall–Kier alpha value is -2.22. The van der Waals surface area contributed by atoms with Crippen LogP contribution in [0.15, 0.2) is 30.6 Å². The van der Waals surface area contributed by atoms with E-state index in [1.54, 1.807) is 6.07 Å². The number of fused-ring (bicyclic) bond motifs is 1. The summed E-state index contributed by atoms with van der Waals surface area (Å²) in [5.41, 5.74) is 1.40. The van der Waals surface area contributed by atoms with Crippen LogP contribution in [0.3, 0.4) is 0 Å². The van der Waals surface area contributed by atoms with E-state index in [-0.39, 0.29) is 5.69 Å². The first-order chi connectivity index (χ1) is 8.46. The van der Waals surface area contributed by atoms with E-state index in [4.69, 9.17) is 5.11 Å². The molecule has 0 aliphatic rings. The quantitative estimate of drug-likeness (QED) is 0.832. The molecule has 0 radical (unpaired) electrons. The van der Waals surface area contributed by atoms with E-state index < -0.39 is 21.7 Å². The lowest BCUT2D eigenvalue weighted by atomic mass is 10.3. The van der Waals surface area contributed by atoms with Gasteiger partial charge in [0.15, 0.2) is 5.75 Å². The van der Waals surface area contributed by atoms with E-state index in [0.29, 0.717) is 11.0 Å². The predicted octanol–water partition coefficient (Wildman–Crippen LogP) is 0.456. The van der Waals surface area contributed by atoms with Gasteiger partial charge in [-0.05, 0) is 18.2 Å². The molecule has 0 saturated carbocycles. The van der Waals surface area contributed by atoms with Crippen LogP contribution >= 0.6 is 0 Å². The zero-order chi connectivity index (χ0) is 13.2. The highest BCUT2D eigenvalue weighted by Crippen LogP contribution is 2.16. The maximum absolute atomic E-state index is 11.4. The topological polar surface area (TPSA) is 109 Å². The molecule has 8 heteroatoms. The van der Waals surface area contributed by atoms with Gasteiger partial charge in [-0.15, -0.1) is 0 Å². The molecule has 0 aliphatic heterocycles. The Labute approximate surface area is 103 Å². The zero-order valence-corrected chi connectivity index (χ0v) is 9.88. The summed E-state index contributed by atoms with van der Waals surface area (Å²) < 4.78 is 25.0. The van der Waals surface area contributed by atoms with Gasteiger partial charge in [0.2, 0.25) is 10.0 Å². The fourth-order valence-corrected chi connectivity index (χ4v) is 2.29. The van der Waals surface area contributed by atoms with Gasteiger partial charge in [-0.3, -0.25) is 19.5 Å². The van der Waals surface area contributed by atoms with Crippen molar-refractivity contribution in [1.82, 2.24) is 9.97 Å². The fraction of sp³-hybridized carbons (Fsp3) is 0.100. The summed E-state index contributed by atoms with van der Waals surface area (Å²) >= 11 is 0. The maximum Gasteiger partial charge on any atom is 0.320 e. The minimum atomic E-state index is -3.90. The minimum absolute atomic E-state index is 0.254. The van der Waals surface area contributed by atoms with Crippen LogP contribution < -0.4 is 4.72 Å². The Morgan fingerprint density at radius 3 is 2.56 bits per heavy atom. The van der Waals surface area contributed by atoms with Gasteiger partial charge in [-0.1, -0.05) is 0 Å². The summed E-state index contributed by atoms with van der Waals surface area (Å²) in [5, 5.41) is 8.46. The molecule has 1 heterocycles. The third-order valence-corrected chi connectivity index (χ3v) is 3.23. The van der Waals surface area contributed by atoms with E-state index in [9.17, 15) is 13.2 Å². The molecule has 0 saturated heterocycles. The van der Waals surface area contributed by atoms with Gasteiger partial charge in [0.1, 0.15) is 0 Å². The molecule has 94 valence electrons. The van der Waals surface area contributed by atoms with Gasteiger partial charge >= 0.3 is 5.97 Å². The smallest absolute Gasteiger partial charge is 0.320 e. The van der Waals surface area contributed by atoms with Crippen molar-refractivity contribution in [3.8, 4) is 0 Å². The summed E-state index contributed by atoms with van der Waals surface area (Å²) in [4.78, 5) is 18.4. The molecule has 0 aliphatic carbocycles. The molecule has 2 aromatic rings. The van der Waals surface area contributed by atoms with Crippen molar-refractivity contribution >= 4 is 32.7 Å². The Bertz CT molecular complexity index is 699. The second kappa shape index (κ2) is 4.57. The van der Waals surface area contributed by atoms with Crippen LogP contribution in [0.4, 0.5) is 5.69 Å². The van der Waals surface area contributed by atoms with E-state index in [1.807, 2.05) is 0 Å². The lowest BCUT2D eigenvalue weighted by Gasteiger charge is -2.06. The Balaban J connectivity index is 2.30. The number of carboxylic acid groups (broad SMARTS) is 1. The molecule has 2 N–H and O–H groups in total. The Morgan fingerprint density at radius 1 is 1.22 bits per heavy atom. The lowest BCUT2D eigenvalue weighted by Crippen LogP contribution is -2.22. The average molecular weight is 267 g/mol. The number of nitrogens with one attached hydrogen (secondary N) is 1. The first-order valence-electron chi connectivity index (χ1n) is 4.89. The molecule has 18 heavy (non-hydrogen) atoms. The highest BCUT2D eigenvalue weighted by Gasteiger charge is 2.15. The van der Waals surface area contributed by atoms with Crippen LogP contribution in [-0.2, 0) is 14.8 Å². The predicted molar refractivity (Wildman–Crippen MR) is 64.6 cm³/mol. The van der Waals surface area contributed by atoms with Crippen molar-refractivity contribution in [3.05, 3.63) is 30.6 Å². The van der Waals surface area contributed by atoms with Crippen molar-refractivity contribution in [1.29, 1.82) is 0 Å². The molecule has 0 spiro atoms. The largest absolute Gasteiger partial charge is 0.480 e. The summed E-state index contributed by atoms with van der Waals surface area (Å²) in [5.74, 6) is -2.39. The molecule has 2 rings (SSSR count). The average Bonchev–Trinajstić information content (AvgIpc) is 2.26. The van der Waals surface area contributed by atoms with Crippen molar-refractivity contribution < 1.29 is 18.3 Å². The SMILES string of the molecule is O=C(O)CS(=O)(=O)Nc1ccc2nccnc2c1. The van der Waals surface area contributed by atoms with Gasteiger partial charge in [0.05, 0.1) is 16.7 Å². The second-order valence-electron chi connectivity index (χ2n) is 3.51. The van der Waals surface area contributed by atoms with E-state index in [1.165, 1.54) is 24.5 Å². The van der Waals surface area contributed by atoms with E-state index >= 15 is 0 Å². The van der Waals surface area contributed by atoms with E-state index in [0.717, 1.165) is 0 Å². The number of benzene rings is 1. The molecule has 1 aromatic heterocycles. The Kier molecular flexibility index (Phi) is 3.11. The third-order valence-electron chi connectivity index (χ3n) is 2.06. The zero-order valence-electron chi connectivity index (χ0n) is 9.07. The number of carbonyl (C=O) groups is 1. The number of nitrogens with zero attached hydrogens (tertiary/aromatic N) is 2. The third kappa shape index (κ3) is 2.92. The van der Waals surface area contributed by atoms with Crippen molar-refractivity contribution in [2.24, 2.45) is 0 Å². The monoisotopic (exact) mass is 267 g/mol. The Morgan fingerprint density at radius 2 is 1.89 bits per heavy atom. The number of sulfonamides is 1. The normalized spacial score (nSPS) is 11.3. The standard InChI is InChI=1S/C10H9N3O4S/c14-10(15)6-18(16,17)13-7-1-2-8-9(5-7)12-4-3-11-8/h1-5,13H,6H2,(H,14,15). The second-order valence-corrected chi connectivity index (χ2v) is 5.24. The van der Waals surface area contributed by atoms with Gasteiger partial charge in [-0.2, -0.15) is 0 Å². The summed E-state index contributed by atoms with van der Waals surface area (Å²) in [6.07, 6.45) is 3.01. The van der Waals surface area contributed by atoms with Crippen molar-refractivity contribution in [2.45, 2.75) is 0 Å². The molecule has 7 nitrogen and oxygen atoms in total. The van der Waals surface area contributed by atoms with Gasteiger partial charge in [0, 0.05) is 12.4 Å². The number of hydrogen-bond acceptors (Lipinski definition) is 5. The van der Waals surface area contributed by atoms with Gasteiger partial charge < -0.3 is 5.11 Å². The number of aliphatic carboxylic acids is 1. The van der Waals surface area contributed by atoms with Crippen LogP contribution in [0.25, 0.3) is 11.0 Å². The minimum Gasteiger partial charge on any atom is -0.480 e. The van der Waals surface area contributed by atoms with Gasteiger partial charge in [-0.25, -0.2) is 8.42 Å². The van der Waals surface area contributed by atoms with Crippen LogP contribution in [-0.4, -0.2) is 35.2 Å². The summed E-state index contributed by atoms with van der Waals surface area (Å²) in [6, 6.07) is 4.58. The first-order valence-corrected chi connectivity index (χ1v) is 6.54. The van der Waals surface area contributed by atoms with Crippen LogP contribution in [0.1, 0.15) is 0 Å². The van der Waals surface area contributed by atoms with Crippen LogP contribution in [0.5, 0.6) is 0 Å². The molecule has 0 fully saturated rings.